The van der Waals surface area contributed by atoms with Gasteiger partial charge in [0.05, 0.1) is 22.6 Å². The van der Waals surface area contributed by atoms with E-state index < -0.39 is 30.5 Å². The van der Waals surface area contributed by atoms with E-state index in [2.05, 4.69) is 41.9 Å². The number of carboxylic acids is 1. The minimum Gasteiger partial charge on any atom is -0.480 e. The molecule has 0 spiro atoms. The van der Waals surface area contributed by atoms with Gasteiger partial charge < -0.3 is 24.3 Å². The summed E-state index contributed by atoms with van der Waals surface area (Å²) in [6, 6.07) is 5.42. The molecule has 3 rings (SSSR count). The van der Waals surface area contributed by atoms with Crippen molar-refractivity contribution in [1.29, 1.82) is 0 Å². The van der Waals surface area contributed by atoms with Crippen molar-refractivity contribution in [2.45, 2.75) is 6.54 Å². The van der Waals surface area contributed by atoms with Crippen LogP contribution >= 0.6 is 31.9 Å². The summed E-state index contributed by atoms with van der Waals surface area (Å²) < 4.78 is 16.0. The standard InChI is InChI=1S/C19H14Br2N2O8/c1-29-18(27)14-3-2-10(31-14)7-23-17(26)13(22-19(23)28)6-9-4-11(20)16(12(21)5-9)30-8-15(24)25/h2-6H,7-8H2,1H3,(H,22,28)(H,24,25)/b13-6-. The first-order valence-electron chi connectivity index (χ1n) is 8.54. The number of halogens is 2. The van der Waals surface area contributed by atoms with Crippen LogP contribution in [0.4, 0.5) is 4.79 Å². The fraction of sp³-hybridized carbons (Fsp3) is 0.158. The number of benzene rings is 1. The second-order valence-corrected chi connectivity index (χ2v) is 7.84. The largest absolute Gasteiger partial charge is 0.480 e. The van der Waals surface area contributed by atoms with E-state index in [1.807, 2.05) is 0 Å². The number of carboxylic acid groups (broad SMARTS) is 1. The Labute approximate surface area is 192 Å². The molecule has 3 amide bonds. The minimum atomic E-state index is -1.13. The van der Waals surface area contributed by atoms with Gasteiger partial charge in [0, 0.05) is 0 Å². The fourth-order valence-corrected chi connectivity index (χ4v) is 4.10. The molecule has 162 valence electrons. The van der Waals surface area contributed by atoms with Crippen LogP contribution in [-0.2, 0) is 20.9 Å². The summed E-state index contributed by atoms with van der Waals surface area (Å²) >= 11 is 6.58. The Hall–Kier alpha value is -3.12. The molecule has 0 radical (unpaired) electrons. The smallest absolute Gasteiger partial charge is 0.373 e. The van der Waals surface area contributed by atoms with E-state index in [9.17, 15) is 19.2 Å². The summed E-state index contributed by atoms with van der Waals surface area (Å²) in [5.41, 5.74) is 0.570. The highest BCUT2D eigenvalue weighted by molar-refractivity contribution is 9.11. The third kappa shape index (κ3) is 5.14. The predicted octanol–water partition coefficient (Wildman–Crippen LogP) is 3.15. The number of imide groups is 1. The van der Waals surface area contributed by atoms with Crippen LogP contribution in [0.3, 0.4) is 0 Å². The van der Waals surface area contributed by atoms with Crippen LogP contribution in [0.25, 0.3) is 6.08 Å². The third-order valence-electron chi connectivity index (χ3n) is 4.00. The highest BCUT2D eigenvalue weighted by Crippen LogP contribution is 2.35. The van der Waals surface area contributed by atoms with E-state index in [4.69, 9.17) is 14.3 Å². The number of ether oxygens (including phenoxy) is 2. The normalized spacial score (nSPS) is 14.7. The number of amides is 3. The Balaban J connectivity index is 1.77. The molecule has 10 nitrogen and oxygen atoms in total. The van der Waals surface area contributed by atoms with Gasteiger partial charge in [-0.3, -0.25) is 9.69 Å². The highest BCUT2D eigenvalue weighted by atomic mass is 79.9. The molecule has 0 atom stereocenters. The van der Waals surface area contributed by atoms with Crippen molar-refractivity contribution in [3.05, 3.63) is 56.0 Å². The molecule has 2 heterocycles. The highest BCUT2D eigenvalue weighted by Gasteiger charge is 2.34. The van der Waals surface area contributed by atoms with Gasteiger partial charge in [0.1, 0.15) is 17.2 Å². The average molecular weight is 558 g/mol. The first-order chi connectivity index (χ1) is 14.7. The molecule has 1 aromatic carbocycles. The summed E-state index contributed by atoms with van der Waals surface area (Å²) in [5.74, 6) is -1.90. The van der Waals surface area contributed by atoms with Crippen molar-refractivity contribution < 1.29 is 38.2 Å². The second-order valence-electron chi connectivity index (χ2n) is 6.13. The number of nitrogens with zero attached hydrogens (tertiary/aromatic N) is 1. The number of furan rings is 1. The minimum absolute atomic E-state index is 0.0303. The summed E-state index contributed by atoms with van der Waals surface area (Å²) in [5, 5.41) is 11.2. The van der Waals surface area contributed by atoms with E-state index in [1.54, 1.807) is 12.1 Å². The lowest BCUT2D eigenvalue weighted by Crippen LogP contribution is -2.30. The van der Waals surface area contributed by atoms with Crippen LogP contribution in [0.1, 0.15) is 21.9 Å². The molecule has 0 aliphatic carbocycles. The van der Waals surface area contributed by atoms with Crippen LogP contribution in [0.2, 0.25) is 0 Å². The summed E-state index contributed by atoms with van der Waals surface area (Å²) in [6.07, 6.45) is 1.46. The lowest BCUT2D eigenvalue weighted by atomic mass is 10.2. The molecule has 12 heteroatoms. The number of rotatable bonds is 7. The molecule has 0 bridgehead atoms. The van der Waals surface area contributed by atoms with Crippen molar-refractivity contribution in [3.63, 3.8) is 0 Å². The van der Waals surface area contributed by atoms with E-state index in [-0.39, 0.29) is 29.5 Å². The van der Waals surface area contributed by atoms with Crippen LogP contribution in [-0.4, -0.2) is 47.6 Å². The van der Waals surface area contributed by atoms with Crippen molar-refractivity contribution in [1.82, 2.24) is 10.2 Å². The maximum Gasteiger partial charge on any atom is 0.373 e. The fourth-order valence-electron chi connectivity index (χ4n) is 2.65. The zero-order valence-electron chi connectivity index (χ0n) is 15.8. The quantitative estimate of drug-likeness (QED) is 0.301. The molecule has 0 saturated carbocycles. The summed E-state index contributed by atoms with van der Waals surface area (Å²) in [4.78, 5) is 48.0. The molecule has 1 aliphatic heterocycles. The van der Waals surface area contributed by atoms with Gasteiger partial charge in [-0.05, 0) is 67.8 Å². The molecular formula is C19H14Br2N2O8. The number of urea groups is 1. The van der Waals surface area contributed by atoms with Gasteiger partial charge in [-0.2, -0.15) is 0 Å². The van der Waals surface area contributed by atoms with E-state index in [1.165, 1.54) is 25.3 Å². The van der Waals surface area contributed by atoms with Crippen LogP contribution in [0, 0.1) is 0 Å². The van der Waals surface area contributed by atoms with Crippen LogP contribution < -0.4 is 10.1 Å². The molecule has 0 unspecified atom stereocenters. The summed E-state index contributed by atoms with van der Waals surface area (Å²) in [6.45, 7) is -0.694. The number of nitrogens with one attached hydrogen (secondary N) is 1. The molecule has 2 aromatic rings. The second kappa shape index (κ2) is 9.35. The first kappa shape index (κ1) is 22.6. The van der Waals surface area contributed by atoms with E-state index in [0.717, 1.165) is 4.90 Å². The van der Waals surface area contributed by atoms with Gasteiger partial charge in [-0.25, -0.2) is 14.4 Å². The molecule has 2 N–H and O–H groups in total. The van der Waals surface area contributed by atoms with Gasteiger partial charge in [-0.1, -0.05) is 0 Å². The molecule has 1 aliphatic rings. The van der Waals surface area contributed by atoms with Crippen molar-refractivity contribution >= 4 is 61.8 Å². The Morgan fingerprint density at radius 1 is 1.23 bits per heavy atom. The number of carbonyl (C=O) groups excluding carboxylic acids is 3. The van der Waals surface area contributed by atoms with Crippen LogP contribution in [0.5, 0.6) is 5.75 Å². The van der Waals surface area contributed by atoms with Crippen LogP contribution in [0.15, 0.2) is 43.3 Å². The number of esters is 1. The number of methoxy groups -OCH3 is 1. The molecule has 1 fully saturated rings. The number of carbonyl (C=O) groups is 4. The topological polar surface area (TPSA) is 135 Å². The Morgan fingerprint density at radius 3 is 2.52 bits per heavy atom. The Bertz CT molecular complexity index is 1090. The molecular weight excluding hydrogens is 544 g/mol. The van der Waals surface area contributed by atoms with Crippen molar-refractivity contribution in [2.75, 3.05) is 13.7 Å². The van der Waals surface area contributed by atoms with E-state index in [0.29, 0.717) is 14.5 Å². The molecule has 1 aromatic heterocycles. The van der Waals surface area contributed by atoms with Gasteiger partial charge in [0.2, 0.25) is 5.76 Å². The van der Waals surface area contributed by atoms with E-state index >= 15 is 0 Å². The molecule has 31 heavy (non-hydrogen) atoms. The zero-order valence-corrected chi connectivity index (χ0v) is 19.0. The first-order valence-corrected chi connectivity index (χ1v) is 10.1. The average Bonchev–Trinajstić information content (AvgIpc) is 3.27. The SMILES string of the molecule is COC(=O)c1ccc(CN2C(=O)N/C(=C\c3cc(Br)c(OCC(=O)O)c(Br)c3)C2=O)o1. The Morgan fingerprint density at radius 2 is 1.90 bits per heavy atom. The van der Waals surface area contributed by atoms with Gasteiger partial charge >= 0.3 is 18.0 Å². The predicted molar refractivity (Wildman–Crippen MR) is 112 cm³/mol. The number of hydrogen-bond acceptors (Lipinski definition) is 7. The lowest BCUT2D eigenvalue weighted by Gasteiger charge is -2.10. The summed E-state index contributed by atoms with van der Waals surface area (Å²) in [7, 11) is 1.21. The van der Waals surface area contributed by atoms with Gasteiger partial charge in [0.15, 0.2) is 6.61 Å². The van der Waals surface area contributed by atoms with Gasteiger partial charge in [-0.15, -0.1) is 0 Å². The number of hydrogen-bond donors (Lipinski definition) is 2. The maximum absolute atomic E-state index is 12.7. The maximum atomic E-state index is 12.7. The third-order valence-corrected chi connectivity index (χ3v) is 5.17. The van der Waals surface area contributed by atoms with Crippen molar-refractivity contribution in [3.8, 4) is 5.75 Å². The number of aliphatic carboxylic acids is 1. The van der Waals surface area contributed by atoms with Gasteiger partial charge in [0.25, 0.3) is 5.91 Å². The molecule has 1 saturated heterocycles. The van der Waals surface area contributed by atoms with Crippen molar-refractivity contribution in [2.24, 2.45) is 0 Å². The zero-order chi connectivity index (χ0) is 22.7. The Kier molecular flexibility index (Phi) is 6.81. The monoisotopic (exact) mass is 556 g/mol. The lowest BCUT2D eigenvalue weighted by molar-refractivity contribution is -0.139.